The molecule has 0 radical (unpaired) electrons. The summed E-state index contributed by atoms with van der Waals surface area (Å²) < 4.78 is 5.04. The van der Waals surface area contributed by atoms with Gasteiger partial charge < -0.3 is 9.84 Å². The van der Waals surface area contributed by atoms with Crippen molar-refractivity contribution in [3.63, 3.8) is 0 Å². The van der Waals surface area contributed by atoms with Crippen LogP contribution in [0.1, 0.15) is 26.2 Å². The van der Waals surface area contributed by atoms with E-state index in [1.54, 1.807) is 0 Å². The molecule has 54 valence electrons. The Bertz CT molecular complexity index is 75.0. The molecule has 0 bridgehead atoms. The highest BCUT2D eigenvalue weighted by atomic mass is 16.6. The minimum absolute atomic E-state index is 0.479. The first-order chi connectivity index (χ1) is 4.33. The molecule has 1 N–H and O–H groups in total. The fourth-order valence-electron chi connectivity index (χ4n) is 1.11. The molecule has 1 aliphatic rings. The fraction of sp³-hybridized carbons (Fsp3) is 1.00. The minimum Gasteiger partial charge on any atom is -0.368 e. The third-order valence-electron chi connectivity index (χ3n) is 1.92. The summed E-state index contributed by atoms with van der Waals surface area (Å²) in [6.07, 6.45) is 2.64. The van der Waals surface area contributed by atoms with Crippen molar-refractivity contribution < 1.29 is 9.84 Å². The highest BCUT2D eigenvalue weighted by Gasteiger charge is 2.17. The molecular weight excluding hydrogens is 116 g/mol. The molecule has 0 saturated carbocycles. The van der Waals surface area contributed by atoms with Gasteiger partial charge in [0.1, 0.15) is 0 Å². The quantitative estimate of drug-likeness (QED) is 0.576. The van der Waals surface area contributed by atoms with E-state index in [-0.39, 0.29) is 0 Å². The number of ether oxygens (including phenoxy) is 1. The van der Waals surface area contributed by atoms with Crippen molar-refractivity contribution in [3.05, 3.63) is 0 Å². The standard InChI is InChI=1S/C7H14O2/c1-2-6-3-4-7(8)9-5-6/h6-8H,2-5H2,1H3. The fourth-order valence-corrected chi connectivity index (χ4v) is 1.11. The maximum absolute atomic E-state index is 8.90. The molecule has 2 heteroatoms. The highest BCUT2D eigenvalue weighted by Crippen LogP contribution is 2.19. The van der Waals surface area contributed by atoms with Gasteiger partial charge in [0.2, 0.25) is 0 Å². The Morgan fingerprint density at radius 3 is 2.78 bits per heavy atom. The lowest BCUT2D eigenvalue weighted by Gasteiger charge is -2.24. The van der Waals surface area contributed by atoms with Gasteiger partial charge in [-0.25, -0.2) is 0 Å². The second-order valence-corrected chi connectivity index (χ2v) is 2.64. The van der Waals surface area contributed by atoms with Crippen LogP contribution < -0.4 is 0 Å². The number of aliphatic hydroxyl groups is 1. The Morgan fingerprint density at radius 2 is 2.33 bits per heavy atom. The molecule has 1 saturated heterocycles. The van der Waals surface area contributed by atoms with Crippen LogP contribution in [0.5, 0.6) is 0 Å². The number of rotatable bonds is 1. The van der Waals surface area contributed by atoms with Gasteiger partial charge in [-0.3, -0.25) is 0 Å². The van der Waals surface area contributed by atoms with Crippen LogP contribution in [0.25, 0.3) is 0 Å². The molecule has 0 spiro atoms. The predicted molar refractivity (Wildman–Crippen MR) is 35.0 cm³/mol. The molecule has 2 nitrogen and oxygen atoms in total. The van der Waals surface area contributed by atoms with Gasteiger partial charge in [-0.15, -0.1) is 0 Å². The van der Waals surface area contributed by atoms with Crippen LogP contribution in [-0.2, 0) is 4.74 Å². The molecule has 9 heavy (non-hydrogen) atoms. The topological polar surface area (TPSA) is 29.5 Å². The molecule has 0 amide bonds. The molecule has 1 heterocycles. The molecule has 0 aromatic rings. The molecule has 2 atom stereocenters. The molecule has 0 aromatic heterocycles. The van der Waals surface area contributed by atoms with Gasteiger partial charge in [0.05, 0.1) is 6.61 Å². The van der Waals surface area contributed by atoms with Crippen LogP contribution in [0.4, 0.5) is 0 Å². The van der Waals surface area contributed by atoms with Gasteiger partial charge in [0.15, 0.2) is 6.29 Å². The zero-order chi connectivity index (χ0) is 6.69. The van der Waals surface area contributed by atoms with Crippen LogP contribution >= 0.6 is 0 Å². The lowest BCUT2D eigenvalue weighted by Crippen LogP contribution is -2.24. The molecule has 1 fully saturated rings. The lowest BCUT2D eigenvalue weighted by molar-refractivity contribution is -0.140. The summed E-state index contributed by atoms with van der Waals surface area (Å²) in [5.41, 5.74) is 0. The number of hydrogen-bond acceptors (Lipinski definition) is 2. The molecule has 0 aromatic carbocycles. The summed E-state index contributed by atoms with van der Waals surface area (Å²) in [7, 11) is 0. The predicted octanol–water partition coefficient (Wildman–Crippen LogP) is 1.14. The minimum atomic E-state index is -0.479. The second kappa shape index (κ2) is 3.18. The van der Waals surface area contributed by atoms with Gasteiger partial charge in [-0.05, 0) is 18.8 Å². The zero-order valence-corrected chi connectivity index (χ0v) is 5.84. The molecule has 2 unspecified atom stereocenters. The largest absolute Gasteiger partial charge is 0.368 e. The van der Waals surface area contributed by atoms with E-state index in [2.05, 4.69) is 6.92 Å². The van der Waals surface area contributed by atoms with E-state index in [1.807, 2.05) is 0 Å². The van der Waals surface area contributed by atoms with Gasteiger partial charge in [0.25, 0.3) is 0 Å². The lowest BCUT2D eigenvalue weighted by atomic mass is 9.99. The maximum Gasteiger partial charge on any atom is 0.154 e. The van der Waals surface area contributed by atoms with Crippen molar-refractivity contribution >= 4 is 0 Å². The summed E-state index contributed by atoms with van der Waals surface area (Å²) in [6, 6.07) is 0. The normalized spacial score (nSPS) is 36.7. The Labute approximate surface area is 55.8 Å². The summed E-state index contributed by atoms with van der Waals surface area (Å²) >= 11 is 0. The summed E-state index contributed by atoms with van der Waals surface area (Å²) in [5.74, 6) is 0.688. The van der Waals surface area contributed by atoms with Crippen LogP contribution in [0.15, 0.2) is 0 Å². The van der Waals surface area contributed by atoms with E-state index in [1.165, 1.54) is 6.42 Å². The second-order valence-electron chi connectivity index (χ2n) is 2.64. The van der Waals surface area contributed by atoms with Crippen molar-refractivity contribution in [2.24, 2.45) is 5.92 Å². The van der Waals surface area contributed by atoms with Gasteiger partial charge in [-0.2, -0.15) is 0 Å². The molecule has 1 rings (SSSR count). The van der Waals surface area contributed by atoms with Crippen LogP contribution in [0.3, 0.4) is 0 Å². The van der Waals surface area contributed by atoms with Crippen LogP contribution in [0, 0.1) is 5.92 Å². The number of hydrogen-bond donors (Lipinski definition) is 1. The molecule has 1 aliphatic heterocycles. The van der Waals surface area contributed by atoms with Crippen molar-refractivity contribution in [2.75, 3.05) is 6.61 Å². The van der Waals surface area contributed by atoms with Gasteiger partial charge >= 0.3 is 0 Å². The average molecular weight is 130 g/mol. The van der Waals surface area contributed by atoms with E-state index in [0.717, 1.165) is 19.4 Å². The van der Waals surface area contributed by atoms with Crippen molar-refractivity contribution in [1.29, 1.82) is 0 Å². The Hall–Kier alpha value is -0.0800. The summed E-state index contributed by atoms with van der Waals surface area (Å²) in [5, 5.41) is 8.90. The SMILES string of the molecule is CCC1CCC(O)OC1. The van der Waals surface area contributed by atoms with E-state index >= 15 is 0 Å². The summed E-state index contributed by atoms with van der Waals surface area (Å²) in [4.78, 5) is 0. The van der Waals surface area contributed by atoms with Gasteiger partial charge in [-0.1, -0.05) is 13.3 Å². The highest BCUT2D eigenvalue weighted by molar-refractivity contribution is 4.62. The first-order valence-electron chi connectivity index (χ1n) is 3.62. The summed E-state index contributed by atoms with van der Waals surface area (Å²) in [6.45, 7) is 2.91. The smallest absolute Gasteiger partial charge is 0.154 e. The third kappa shape index (κ3) is 1.95. The average Bonchev–Trinajstić information content (AvgIpc) is 1.90. The van der Waals surface area contributed by atoms with E-state index in [4.69, 9.17) is 9.84 Å². The number of aliphatic hydroxyl groups excluding tert-OH is 1. The zero-order valence-electron chi connectivity index (χ0n) is 5.84. The first-order valence-corrected chi connectivity index (χ1v) is 3.62. The van der Waals surface area contributed by atoms with E-state index in [9.17, 15) is 0 Å². The monoisotopic (exact) mass is 130 g/mol. The van der Waals surface area contributed by atoms with Crippen molar-refractivity contribution in [2.45, 2.75) is 32.5 Å². The van der Waals surface area contributed by atoms with Crippen molar-refractivity contribution in [3.8, 4) is 0 Å². The maximum atomic E-state index is 8.90. The van der Waals surface area contributed by atoms with Crippen LogP contribution in [0.2, 0.25) is 0 Å². The van der Waals surface area contributed by atoms with Crippen LogP contribution in [-0.4, -0.2) is 18.0 Å². The van der Waals surface area contributed by atoms with Crippen molar-refractivity contribution in [1.82, 2.24) is 0 Å². The Balaban J connectivity index is 2.18. The molecular formula is C7H14O2. The molecule has 0 aliphatic carbocycles. The Morgan fingerprint density at radius 1 is 1.56 bits per heavy atom. The van der Waals surface area contributed by atoms with E-state index in [0.29, 0.717) is 5.92 Å². The Kier molecular flexibility index (Phi) is 2.49. The third-order valence-corrected chi connectivity index (χ3v) is 1.92. The first kappa shape index (κ1) is 7.03. The van der Waals surface area contributed by atoms with E-state index < -0.39 is 6.29 Å². The van der Waals surface area contributed by atoms with Gasteiger partial charge in [0, 0.05) is 0 Å².